The van der Waals surface area contributed by atoms with Crippen molar-refractivity contribution in [2.24, 2.45) is 0 Å². The molecule has 2 aromatic carbocycles. The molecule has 0 saturated carbocycles. The second-order valence-electron chi connectivity index (χ2n) is 6.73. The molecular weight excluding hydrogens is 385 g/mol. The summed E-state index contributed by atoms with van der Waals surface area (Å²) in [7, 11) is 0. The maximum atomic E-state index is 6.29. The van der Waals surface area contributed by atoms with Gasteiger partial charge in [0.1, 0.15) is 0 Å². The van der Waals surface area contributed by atoms with Crippen molar-refractivity contribution in [3.05, 3.63) is 63.1 Å². The third-order valence-corrected chi connectivity index (χ3v) is 5.77. The van der Waals surface area contributed by atoms with E-state index >= 15 is 0 Å². The summed E-state index contributed by atoms with van der Waals surface area (Å²) in [6.45, 7) is 8.78. The highest BCUT2D eigenvalue weighted by Gasteiger charge is 2.19. The van der Waals surface area contributed by atoms with Crippen LogP contribution >= 0.6 is 35.4 Å². The molecule has 0 aliphatic carbocycles. The lowest BCUT2D eigenvalue weighted by Crippen LogP contribution is -2.49. The molecule has 26 heavy (non-hydrogen) atoms. The zero-order chi connectivity index (χ0) is 18.7. The summed E-state index contributed by atoms with van der Waals surface area (Å²) in [6, 6.07) is 12.0. The molecule has 0 aromatic heterocycles. The minimum Gasteiger partial charge on any atom is -0.346 e. The van der Waals surface area contributed by atoms with E-state index in [-0.39, 0.29) is 0 Å². The Kier molecular flexibility index (Phi) is 6.41. The zero-order valence-electron chi connectivity index (χ0n) is 15.1. The maximum Gasteiger partial charge on any atom is 0.173 e. The van der Waals surface area contributed by atoms with E-state index in [1.165, 1.54) is 11.1 Å². The average molecular weight is 408 g/mol. The molecule has 3 nitrogen and oxygen atoms in total. The highest BCUT2D eigenvalue weighted by atomic mass is 35.5. The van der Waals surface area contributed by atoms with Gasteiger partial charge in [0, 0.05) is 48.5 Å². The van der Waals surface area contributed by atoms with Gasteiger partial charge in [-0.3, -0.25) is 4.90 Å². The number of piperazine rings is 1. The van der Waals surface area contributed by atoms with E-state index in [1.54, 1.807) is 6.07 Å². The number of aryl methyl sites for hydroxylation is 2. The Hall–Kier alpha value is -1.33. The Bertz CT molecular complexity index is 802. The second-order valence-corrected chi connectivity index (χ2v) is 7.96. The van der Waals surface area contributed by atoms with E-state index in [1.807, 2.05) is 12.1 Å². The number of benzene rings is 2. The van der Waals surface area contributed by atoms with Gasteiger partial charge in [0.2, 0.25) is 0 Å². The number of thiocarbonyl (C=S) groups is 1. The van der Waals surface area contributed by atoms with Crippen LogP contribution in [0.25, 0.3) is 0 Å². The highest BCUT2D eigenvalue weighted by molar-refractivity contribution is 7.80. The number of anilines is 1. The number of nitrogens with one attached hydrogen (secondary N) is 1. The lowest BCUT2D eigenvalue weighted by atomic mass is 10.1. The van der Waals surface area contributed by atoms with Crippen LogP contribution in [0.3, 0.4) is 0 Å². The van der Waals surface area contributed by atoms with Gasteiger partial charge in [-0.05, 0) is 67.0 Å². The number of rotatable bonds is 3. The average Bonchev–Trinajstić information content (AvgIpc) is 2.61. The number of hydrogen-bond acceptors (Lipinski definition) is 2. The van der Waals surface area contributed by atoms with Gasteiger partial charge < -0.3 is 10.2 Å². The molecule has 2 aromatic rings. The molecule has 1 aliphatic rings. The fourth-order valence-corrected chi connectivity index (χ4v) is 3.79. The Balaban J connectivity index is 1.52. The molecule has 3 rings (SSSR count). The second kappa shape index (κ2) is 8.57. The van der Waals surface area contributed by atoms with Gasteiger partial charge in [0.25, 0.3) is 0 Å². The molecule has 1 heterocycles. The van der Waals surface area contributed by atoms with Gasteiger partial charge in [-0.1, -0.05) is 35.3 Å². The van der Waals surface area contributed by atoms with Crippen molar-refractivity contribution in [2.75, 3.05) is 31.5 Å². The number of nitrogens with zero attached hydrogens (tertiary/aromatic N) is 2. The third-order valence-electron chi connectivity index (χ3n) is 4.83. The third kappa shape index (κ3) is 4.89. The van der Waals surface area contributed by atoms with Gasteiger partial charge >= 0.3 is 0 Å². The van der Waals surface area contributed by atoms with Gasteiger partial charge in [-0.15, -0.1) is 0 Å². The van der Waals surface area contributed by atoms with Crippen molar-refractivity contribution >= 4 is 46.2 Å². The molecule has 138 valence electrons. The molecule has 0 atom stereocenters. The fraction of sp³-hybridized carbons (Fsp3) is 0.350. The van der Waals surface area contributed by atoms with Crippen molar-refractivity contribution < 1.29 is 0 Å². The summed E-state index contributed by atoms with van der Waals surface area (Å²) in [6.07, 6.45) is 0. The normalized spacial score (nSPS) is 15.2. The summed E-state index contributed by atoms with van der Waals surface area (Å²) >= 11 is 17.9. The number of hydrogen-bond donors (Lipinski definition) is 1. The van der Waals surface area contributed by atoms with Crippen molar-refractivity contribution in [1.29, 1.82) is 0 Å². The van der Waals surface area contributed by atoms with Crippen LogP contribution < -0.4 is 5.32 Å². The minimum atomic E-state index is 0.673. The van der Waals surface area contributed by atoms with Crippen LogP contribution in [0.5, 0.6) is 0 Å². The molecule has 1 N–H and O–H groups in total. The smallest absolute Gasteiger partial charge is 0.173 e. The van der Waals surface area contributed by atoms with E-state index < -0.39 is 0 Å². The summed E-state index contributed by atoms with van der Waals surface area (Å²) in [5.74, 6) is 0. The topological polar surface area (TPSA) is 18.5 Å². The molecule has 0 unspecified atom stereocenters. The Labute approximate surface area is 170 Å². The first-order chi connectivity index (χ1) is 12.4. The molecule has 1 fully saturated rings. The van der Waals surface area contributed by atoms with E-state index in [0.29, 0.717) is 5.02 Å². The molecule has 0 bridgehead atoms. The Morgan fingerprint density at radius 1 is 1.00 bits per heavy atom. The van der Waals surface area contributed by atoms with Crippen LogP contribution in [0.1, 0.15) is 16.7 Å². The van der Waals surface area contributed by atoms with Gasteiger partial charge in [-0.25, -0.2) is 0 Å². The maximum absolute atomic E-state index is 6.29. The minimum absolute atomic E-state index is 0.673. The van der Waals surface area contributed by atoms with Crippen LogP contribution in [0.4, 0.5) is 5.69 Å². The van der Waals surface area contributed by atoms with E-state index in [2.05, 4.69) is 47.2 Å². The molecular formula is C20H23Cl2N3S. The van der Waals surface area contributed by atoms with Crippen LogP contribution in [-0.2, 0) is 6.54 Å². The predicted molar refractivity (Wildman–Crippen MR) is 115 cm³/mol. The molecule has 0 spiro atoms. The molecule has 0 radical (unpaired) electrons. The Morgan fingerprint density at radius 2 is 1.73 bits per heavy atom. The van der Waals surface area contributed by atoms with Crippen LogP contribution in [0, 0.1) is 13.8 Å². The highest BCUT2D eigenvalue weighted by Crippen LogP contribution is 2.23. The predicted octanol–water partition coefficient (Wildman–Crippen LogP) is 5.12. The molecule has 1 saturated heterocycles. The van der Waals surface area contributed by atoms with E-state index in [4.69, 9.17) is 35.4 Å². The van der Waals surface area contributed by atoms with Crippen LogP contribution in [-0.4, -0.2) is 41.1 Å². The first kappa shape index (κ1) is 19.4. The van der Waals surface area contributed by atoms with Crippen molar-refractivity contribution in [3.63, 3.8) is 0 Å². The van der Waals surface area contributed by atoms with Gasteiger partial charge in [0.05, 0.1) is 0 Å². The standard InChI is InChI=1S/C20H23Cl2N3S/c1-14-3-6-18(11-15(14)2)23-20(26)25-9-7-24(8-10-25)13-16-4-5-17(21)12-19(16)22/h3-6,11-12H,7-10,13H2,1-2H3,(H,23,26). The van der Waals surface area contributed by atoms with Crippen molar-refractivity contribution in [2.45, 2.75) is 20.4 Å². The van der Waals surface area contributed by atoms with Crippen LogP contribution in [0.15, 0.2) is 36.4 Å². The largest absolute Gasteiger partial charge is 0.346 e. The Morgan fingerprint density at radius 3 is 2.38 bits per heavy atom. The lowest BCUT2D eigenvalue weighted by molar-refractivity contribution is 0.177. The van der Waals surface area contributed by atoms with E-state index in [9.17, 15) is 0 Å². The summed E-state index contributed by atoms with van der Waals surface area (Å²) in [5.41, 5.74) is 4.72. The molecule has 0 amide bonds. The van der Waals surface area contributed by atoms with Gasteiger partial charge in [-0.2, -0.15) is 0 Å². The number of halogens is 2. The quantitative estimate of drug-likeness (QED) is 0.710. The van der Waals surface area contributed by atoms with Crippen LogP contribution in [0.2, 0.25) is 10.0 Å². The summed E-state index contributed by atoms with van der Waals surface area (Å²) in [4.78, 5) is 4.62. The SMILES string of the molecule is Cc1ccc(NC(=S)N2CCN(Cc3ccc(Cl)cc3Cl)CC2)cc1C. The monoisotopic (exact) mass is 407 g/mol. The first-order valence-electron chi connectivity index (χ1n) is 8.72. The fourth-order valence-electron chi connectivity index (χ4n) is 3.02. The first-order valence-corrected chi connectivity index (χ1v) is 9.88. The zero-order valence-corrected chi connectivity index (χ0v) is 17.4. The summed E-state index contributed by atoms with van der Waals surface area (Å²) in [5, 5.41) is 5.55. The summed E-state index contributed by atoms with van der Waals surface area (Å²) < 4.78 is 0. The lowest BCUT2D eigenvalue weighted by Gasteiger charge is -2.36. The molecule has 1 aliphatic heterocycles. The van der Waals surface area contributed by atoms with Crippen molar-refractivity contribution in [3.8, 4) is 0 Å². The van der Waals surface area contributed by atoms with Crippen molar-refractivity contribution in [1.82, 2.24) is 9.80 Å². The molecule has 6 heteroatoms. The van der Waals surface area contributed by atoms with E-state index in [0.717, 1.165) is 54.1 Å². The van der Waals surface area contributed by atoms with Gasteiger partial charge in [0.15, 0.2) is 5.11 Å².